The van der Waals surface area contributed by atoms with Crippen LogP contribution in [-0.4, -0.2) is 38.3 Å². The van der Waals surface area contributed by atoms with Crippen molar-refractivity contribution in [1.82, 2.24) is 15.0 Å². The Kier molecular flexibility index (Phi) is 6.18. The standard InChI is InChI=1S/C22H31N3O3/c1-15-7-11-18(12-8-15)25-21(16-9-10-16)20(23-24-25)17(6-5-13-26)14-19(27)28-22(2,3)4/h7-8,11-12,16-17,26H,5-6,9-10,13-14H2,1-4H3/t17-/m0/s1. The number of aliphatic hydroxyl groups excluding tert-OH is 1. The molecule has 1 fully saturated rings. The van der Waals surface area contributed by atoms with E-state index in [1.165, 1.54) is 5.56 Å². The Morgan fingerprint density at radius 1 is 1.29 bits per heavy atom. The molecule has 6 nitrogen and oxygen atoms in total. The number of hydrogen-bond donors (Lipinski definition) is 1. The van der Waals surface area contributed by atoms with Gasteiger partial charge in [0.05, 0.1) is 23.5 Å². The molecule has 0 radical (unpaired) electrons. The molecule has 152 valence electrons. The molecule has 28 heavy (non-hydrogen) atoms. The van der Waals surface area contributed by atoms with Crippen LogP contribution in [0.4, 0.5) is 0 Å². The van der Waals surface area contributed by atoms with E-state index in [4.69, 9.17) is 4.74 Å². The Morgan fingerprint density at radius 3 is 2.54 bits per heavy atom. The maximum absolute atomic E-state index is 12.5. The van der Waals surface area contributed by atoms with Gasteiger partial charge in [-0.25, -0.2) is 4.68 Å². The molecule has 0 unspecified atom stereocenters. The van der Waals surface area contributed by atoms with Crippen LogP contribution in [-0.2, 0) is 9.53 Å². The highest BCUT2D eigenvalue weighted by Gasteiger charge is 2.35. The second-order valence-electron chi connectivity index (χ2n) is 8.73. The van der Waals surface area contributed by atoms with Crippen molar-refractivity contribution in [2.45, 2.75) is 77.2 Å². The highest BCUT2D eigenvalue weighted by Crippen LogP contribution is 2.44. The molecule has 1 saturated carbocycles. The normalized spacial score (nSPS) is 15.5. The minimum Gasteiger partial charge on any atom is -0.460 e. The van der Waals surface area contributed by atoms with Crippen LogP contribution < -0.4 is 0 Å². The highest BCUT2D eigenvalue weighted by molar-refractivity contribution is 5.71. The van der Waals surface area contributed by atoms with E-state index in [2.05, 4.69) is 41.5 Å². The molecule has 1 aliphatic carbocycles. The van der Waals surface area contributed by atoms with Crippen LogP contribution in [0.1, 0.15) is 81.7 Å². The first kappa shape index (κ1) is 20.5. The van der Waals surface area contributed by atoms with Crippen molar-refractivity contribution in [3.63, 3.8) is 0 Å². The van der Waals surface area contributed by atoms with Crippen LogP contribution in [0.15, 0.2) is 24.3 Å². The Labute approximate surface area is 166 Å². The van der Waals surface area contributed by atoms with Gasteiger partial charge in [0.15, 0.2) is 0 Å². The summed E-state index contributed by atoms with van der Waals surface area (Å²) >= 11 is 0. The van der Waals surface area contributed by atoms with E-state index < -0.39 is 5.60 Å². The lowest BCUT2D eigenvalue weighted by Gasteiger charge is -2.22. The zero-order valence-corrected chi connectivity index (χ0v) is 17.3. The number of hydrogen-bond acceptors (Lipinski definition) is 5. The van der Waals surface area contributed by atoms with E-state index in [9.17, 15) is 9.90 Å². The Bertz CT molecular complexity index is 801. The van der Waals surface area contributed by atoms with Crippen molar-refractivity contribution in [2.24, 2.45) is 0 Å². The van der Waals surface area contributed by atoms with Crippen molar-refractivity contribution in [3.05, 3.63) is 41.2 Å². The van der Waals surface area contributed by atoms with E-state index >= 15 is 0 Å². The third-order valence-electron chi connectivity index (χ3n) is 4.91. The molecule has 1 N–H and O–H groups in total. The fourth-order valence-electron chi connectivity index (χ4n) is 3.46. The van der Waals surface area contributed by atoms with Crippen molar-refractivity contribution in [1.29, 1.82) is 0 Å². The van der Waals surface area contributed by atoms with Crippen LogP contribution >= 0.6 is 0 Å². The lowest BCUT2D eigenvalue weighted by atomic mass is 9.93. The van der Waals surface area contributed by atoms with E-state index in [0.29, 0.717) is 18.8 Å². The summed E-state index contributed by atoms with van der Waals surface area (Å²) < 4.78 is 7.46. The summed E-state index contributed by atoms with van der Waals surface area (Å²) in [6, 6.07) is 8.24. The zero-order valence-electron chi connectivity index (χ0n) is 17.3. The summed E-state index contributed by atoms with van der Waals surface area (Å²) in [4.78, 5) is 12.5. The van der Waals surface area contributed by atoms with Gasteiger partial charge in [-0.2, -0.15) is 0 Å². The largest absolute Gasteiger partial charge is 0.460 e. The van der Waals surface area contributed by atoms with Gasteiger partial charge in [0, 0.05) is 18.4 Å². The number of esters is 1. The molecule has 0 aliphatic heterocycles. The number of benzene rings is 1. The summed E-state index contributed by atoms with van der Waals surface area (Å²) in [6.45, 7) is 7.77. The summed E-state index contributed by atoms with van der Waals surface area (Å²) in [5.74, 6) is 0.0976. The molecule has 2 aromatic rings. The zero-order chi connectivity index (χ0) is 20.3. The SMILES string of the molecule is Cc1ccc(-n2nnc([C@@H](CCCO)CC(=O)OC(C)(C)C)c2C2CC2)cc1. The summed E-state index contributed by atoms with van der Waals surface area (Å²) in [6.07, 6.45) is 3.79. The summed E-state index contributed by atoms with van der Waals surface area (Å²) in [7, 11) is 0. The van der Waals surface area contributed by atoms with Crippen LogP contribution in [0.2, 0.25) is 0 Å². The van der Waals surface area contributed by atoms with Gasteiger partial charge >= 0.3 is 5.97 Å². The quantitative estimate of drug-likeness (QED) is 0.694. The maximum Gasteiger partial charge on any atom is 0.306 e. The first-order chi connectivity index (χ1) is 13.3. The third kappa shape index (κ3) is 5.19. The van der Waals surface area contributed by atoms with Crippen molar-refractivity contribution < 1.29 is 14.6 Å². The van der Waals surface area contributed by atoms with E-state index in [0.717, 1.165) is 29.9 Å². The number of nitrogens with zero attached hydrogens (tertiary/aromatic N) is 3. The van der Waals surface area contributed by atoms with Gasteiger partial charge in [-0.1, -0.05) is 22.9 Å². The number of aromatic nitrogens is 3. The molecule has 1 aromatic heterocycles. The van der Waals surface area contributed by atoms with Crippen LogP contribution in [0.25, 0.3) is 5.69 Å². The van der Waals surface area contributed by atoms with Gasteiger partial charge in [-0.3, -0.25) is 4.79 Å². The van der Waals surface area contributed by atoms with E-state index in [1.54, 1.807) is 0 Å². The second-order valence-corrected chi connectivity index (χ2v) is 8.73. The molecule has 0 bridgehead atoms. The monoisotopic (exact) mass is 385 g/mol. The van der Waals surface area contributed by atoms with Crippen molar-refractivity contribution in [2.75, 3.05) is 6.61 Å². The highest BCUT2D eigenvalue weighted by atomic mass is 16.6. The van der Waals surface area contributed by atoms with Crippen LogP contribution in [0.5, 0.6) is 0 Å². The average Bonchev–Trinajstić information content (AvgIpc) is 3.36. The molecular formula is C22H31N3O3. The predicted molar refractivity (Wildman–Crippen MR) is 108 cm³/mol. The molecule has 1 aliphatic rings. The number of carbonyl (C=O) groups excluding carboxylic acids is 1. The molecule has 6 heteroatoms. The molecule has 1 aromatic carbocycles. The Balaban J connectivity index is 1.91. The minimum atomic E-state index is -0.516. The van der Waals surface area contributed by atoms with Gasteiger partial charge in [0.2, 0.25) is 0 Å². The van der Waals surface area contributed by atoms with E-state index in [1.807, 2.05) is 25.5 Å². The lowest BCUT2D eigenvalue weighted by Crippen LogP contribution is -2.25. The van der Waals surface area contributed by atoms with Gasteiger partial charge in [-0.15, -0.1) is 5.10 Å². The Hall–Kier alpha value is -2.21. The predicted octanol–water partition coefficient (Wildman–Crippen LogP) is 4.04. The van der Waals surface area contributed by atoms with Crippen molar-refractivity contribution >= 4 is 5.97 Å². The van der Waals surface area contributed by atoms with Gasteiger partial charge in [-0.05, 0) is 65.5 Å². The molecule has 1 atom stereocenters. The number of aryl methyl sites for hydroxylation is 1. The van der Waals surface area contributed by atoms with E-state index in [-0.39, 0.29) is 24.9 Å². The Morgan fingerprint density at radius 2 is 1.96 bits per heavy atom. The maximum atomic E-state index is 12.5. The molecule has 0 saturated heterocycles. The molecule has 0 spiro atoms. The minimum absolute atomic E-state index is 0.0929. The smallest absolute Gasteiger partial charge is 0.306 e. The molecular weight excluding hydrogens is 354 g/mol. The number of aliphatic hydroxyl groups is 1. The average molecular weight is 386 g/mol. The first-order valence-electron chi connectivity index (χ1n) is 10.1. The summed E-state index contributed by atoms with van der Waals surface area (Å²) in [5.41, 5.74) is 3.65. The first-order valence-corrected chi connectivity index (χ1v) is 10.1. The van der Waals surface area contributed by atoms with Gasteiger partial charge in [0.1, 0.15) is 5.60 Å². The number of rotatable bonds is 8. The lowest BCUT2D eigenvalue weighted by molar-refractivity contribution is -0.155. The second kappa shape index (κ2) is 8.43. The molecule has 0 amide bonds. The number of carbonyl (C=O) groups is 1. The van der Waals surface area contributed by atoms with Crippen LogP contribution in [0.3, 0.4) is 0 Å². The molecule has 1 heterocycles. The number of ether oxygens (including phenoxy) is 1. The summed E-state index contributed by atoms with van der Waals surface area (Å²) in [5, 5.41) is 18.3. The van der Waals surface area contributed by atoms with Crippen LogP contribution in [0, 0.1) is 6.92 Å². The topological polar surface area (TPSA) is 77.2 Å². The van der Waals surface area contributed by atoms with Crippen molar-refractivity contribution in [3.8, 4) is 5.69 Å². The van der Waals surface area contributed by atoms with Gasteiger partial charge < -0.3 is 9.84 Å². The van der Waals surface area contributed by atoms with Gasteiger partial charge in [0.25, 0.3) is 0 Å². The fourth-order valence-corrected chi connectivity index (χ4v) is 3.46. The third-order valence-corrected chi connectivity index (χ3v) is 4.91. The molecule has 3 rings (SSSR count). The fraction of sp³-hybridized carbons (Fsp3) is 0.591.